The number of allylic oxidation sites excluding steroid dienone is 1. The lowest BCUT2D eigenvalue weighted by atomic mass is 10.2. The largest absolute Gasteiger partial charge is 0.497 e. The summed E-state index contributed by atoms with van der Waals surface area (Å²) >= 11 is 0. The highest BCUT2D eigenvalue weighted by molar-refractivity contribution is 5.58. The first kappa shape index (κ1) is 9.52. The van der Waals surface area contributed by atoms with Crippen LogP contribution in [0.25, 0.3) is 6.08 Å². The number of carbonyl (C=O) groups excluding carboxylic acids is 1. The first-order valence-corrected chi connectivity index (χ1v) is 4.02. The fourth-order valence-corrected chi connectivity index (χ4v) is 0.958. The molecule has 0 spiro atoms. The van der Waals surface area contributed by atoms with Crippen LogP contribution in [0.4, 0.5) is 0 Å². The van der Waals surface area contributed by atoms with Crippen molar-refractivity contribution in [1.29, 1.82) is 0 Å². The van der Waals surface area contributed by atoms with Crippen LogP contribution in [0, 0.1) is 0 Å². The minimum absolute atomic E-state index is 0.339. The zero-order chi connectivity index (χ0) is 9.52. The molecule has 0 amide bonds. The molecule has 13 heavy (non-hydrogen) atoms. The minimum atomic E-state index is 0.339. The lowest BCUT2D eigenvalue weighted by Crippen LogP contribution is -1.81. The molecule has 1 rings (SSSR count). The second-order valence-corrected chi connectivity index (χ2v) is 2.52. The van der Waals surface area contributed by atoms with Gasteiger partial charge in [0.05, 0.1) is 7.11 Å². The van der Waals surface area contributed by atoms with E-state index in [1.54, 1.807) is 19.5 Å². The molecule has 1 aromatic rings. The van der Waals surface area contributed by atoms with Crippen LogP contribution in [0.2, 0.25) is 0 Å². The quantitative estimate of drug-likeness (QED) is 0.701. The summed E-state index contributed by atoms with van der Waals surface area (Å²) in [6.07, 6.45) is 5.79. The molecule has 0 aliphatic carbocycles. The average Bonchev–Trinajstić information content (AvgIpc) is 2.19. The number of rotatable bonds is 4. The van der Waals surface area contributed by atoms with Crippen LogP contribution in [0.5, 0.6) is 5.75 Å². The Morgan fingerprint density at radius 2 is 2.08 bits per heavy atom. The van der Waals surface area contributed by atoms with Gasteiger partial charge >= 0.3 is 0 Å². The van der Waals surface area contributed by atoms with Crippen molar-refractivity contribution in [1.82, 2.24) is 0 Å². The molecule has 2 nitrogen and oxygen atoms in total. The van der Waals surface area contributed by atoms with E-state index in [1.807, 2.05) is 30.3 Å². The molecule has 0 aromatic heterocycles. The molecule has 0 N–H and O–H groups in total. The van der Waals surface area contributed by atoms with Crippen LogP contribution in [0.15, 0.2) is 30.3 Å². The van der Waals surface area contributed by atoms with Crippen molar-refractivity contribution in [3.63, 3.8) is 0 Å². The molecule has 0 fully saturated rings. The van der Waals surface area contributed by atoms with Gasteiger partial charge in [-0.05, 0) is 17.7 Å². The van der Waals surface area contributed by atoms with E-state index < -0.39 is 0 Å². The SMILES string of the molecule is COc1ccc(C=CC[C]=O)cc1. The van der Waals surface area contributed by atoms with Gasteiger partial charge in [0.25, 0.3) is 0 Å². The zero-order valence-corrected chi connectivity index (χ0v) is 7.49. The predicted octanol–water partition coefficient (Wildman–Crippen LogP) is 2.21. The standard InChI is InChI=1S/C11H11O2/c1-13-11-7-5-10(6-8-11)4-2-3-9-12/h2,4-8H,3H2,1H3. The summed E-state index contributed by atoms with van der Waals surface area (Å²) in [7, 11) is 1.63. The third kappa shape index (κ3) is 3.11. The lowest BCUT2D eigenvalue weighted by molar-refractivity contribution is 0.415. The molecule has 0 aliphatic heterocycles. The first-order valence-electron chi connectivity index (χ1n) is 4.02. The molecule has 0 atom stereocenters. The van der Waals surface area contributed by atoms with Crippen LogP contribution >= 0.6 is 0 Å². The Kier molecular flexibility index (Phi) is 3.76. The molecule has 67 valence electrons. The second kappa shape index (κ2) is 5.14. The average molecular weight is 175 g/mol. The fourth-order valence-electron chi connectivity index (χ4n) is 0.958. The van der Waals surface area contributed by atoms with Gasteiger partial charge in [-0.25, -0.2) is 0 Å². The normalized spacial score (nSPS) is 10.2. The van der Waals surface area contributed by atoms with Gasteiger partial charge in [-0.15, -0.1) is 0 Å². The van der Waals surface area contributed by atoms with Gasteiger partial charge in [0.15, 0.2) is 0 Å². The number of ether oxygens (including phenoxy) is 1. The molecule has 0 saturated heterocycles. The van der Waals surface area contributed by atoms with Crippen molar-refractivity contribution in [2.45, 2.75) is 6.42 Å². The molecular weight excluding hydrogens is 164 g/mol. The van der Waals surface area contributed by atoms with Gasteiger partial charge in [0, 0.05) is 6.42 Å². The third-order valence-corrected chi connectivity index (χ3v) is 1.63. The molecule has 2 heteroatoms. The van der Waals surface area contributed by atoms with E-state index in [4.69, 9.17) is 4.74 Å². The Hall–Kier alpha value is -1.57. The van der Waals surface area contributed by atoms with E-state index in [1.165, 1.54) is 0 Å². The number of benzene rings is 1. The van der Waals surface area contributed by atoms with Crippen molar-refractivity contribution < 1.29 is 9.53 Å². The Bertz CT molecular complexity index is 285. The van der Waals surface area contributed by atoms with Gasteiger partial charge in [-0.1, -0.05) is 24.3 Å². The van der Waals surface area contributed by atoms with Crippen molar-refractivity contribution in [3.05, 3.63) is 35.9 Å². The molecule has 0 saturated carbocycles. The van der Waals surface area contributed by atoms with E-state index in [0.717, 1.165) is 11.3 Å². The summed E-state index contributed by atoms with van der Waals surface area (Å²) < 4.78 is 5.01. The molecule has 0 heterocycles. The summed E-state index contributed by atoms with van der Waals surface area (Å²) in [4.78, 5) is 9.90. The van der Waals surface area contributed by atoms with E-state index >= 15 is 0 Å². The maximum absolute atomic E-state index is 9.90. The first-order chi connectivity index (χ1) is 6.36. The second-order valence-electron chi connectivity index (χ2n) is 2.52. The number of hydrogen-bond donors (Lipinski definition) is 0. The van der Waals surface area contributed by atoms with Gasteiger partial charge < -0.3 is 4.74 Å². The van der Waals surface area contributed by atoms with Gasteiger partial charge in [-0.3, -0.25) is 4.79 Å². The maximum Gasteiger partial charge on any atom is 0.202 e. The highest BCUT2D eigenvalue weighted by Gasteiger charge is 1.88. The third-order valence-electron chi connectivity index (χ3n) is 1.63. The smallest absolute Gasteiger partial charge is 0.202 e. The van der Waals surface area contributed by atoms with Crippen molar-refractivity contribution in [2.24, 2.45) is 0 Å². The molecule has 0 bridgehead atoms. The molecule has 0 unspecified atom stereocenters. The van der Waals surface area contributed by atoms with Crippen LogP contribution in [-0.4, -0.2) is 13.4 Å². The van der Waals surface area contributed by atoms with E-state index in [2.05, 4.69) is 0 Å². The Morgan fingerprint density at radius 1 is 1.38 bits per heavy atom. The highest BCUT2D eigenvalue weighted by Crippen LogP contribution is 2.12. The lowest BCUT2D eigenvalue weighted by Gasteiger charge is -1.98. The number of methoxy groups -OCH3 is 1. The van der Waals surface area contributed by atoms with Crippen molar-refractivity contribution in [2.75, 3.05) is 7.11 Å². The van der Waals surface area contributed by atoms with Crippen LogP contribution < -0.4 is 4.74 Å². The summed E-state index contributed by atoms with van der Waals surface area (Å²) in [5.41, 5.74) is 1.05. The zero-order valence-electron chi connectivity index (χ0n) is 7.49. The van der Waals surface area contributed by atoms with Gasteiger partial charge in [0.2, 0.25) is 6.29 Å². The van der Waals surface area contributed by atoms with Gasteiger partial charge in [0.1, 0.15) is 5.75 Å². The Balaban J connectivity index is 2.63. The number of hydrogen-bond acceptors (Lipinski definition) is 2. The highest BCUT2D eigenvalue weighted by atomic mass is 16.5. The summed E-state index contributed by atoms with van der Waals surface area (Å²) in [5.74, 6) is 0.832. The maximum atomic E-state index is 9.90. The van der Waals surface area contributed by atoms with Crippen LogP contribution in [0.3, 0.4) is 0 Å². The Morgan fingerprint density at radius 3 is 2.62 bits per heavy atom. The topological polar surface area (TPSA) is 26.3 Å². The fraction of sp³-hybridized carbons (Fsp3) is 0.182. The predicted molar refractivity (Wildman–Crippen MR) is 52.3 cm³/mol. The van der Waals surface area contributed by atoms with E-state index in [9.17, 15) is 4.79 Å². The molecule has 1 radical (unpaired) electrons. The molecule has 0 aliphatic rings. The van der Waals surface area contributed by atoms with Crippen LogP contribution in [0.1, 0.15) is 12.0 Å². The Labute approximate surface area is 77.8 Å². The summed E-state index contributed by atoms with van der Waals surface area (Å²) in [5, 5.41) is 0. The monoisotopic (exact) mass is 175 g/mol. The van der Waals surface area contributed by atoms with E-state index in [0.29, 0.717) is 6.42 Å². The molecular formula is C11H11O2. The van der Waals surface area contributed by atoms with Gasteiger partial charge in [-0.2, -0.15) is 0 Å². The van der Waals surface area contributed by atoms with Crippen molar-refractivity contribution >= 4 is 12.4 Å². The molecule has 1 aromatic carbocycles. The minimum Gasteiger partial charge on any atom is -0.497 e. The van der Waals surface area contributed by atoms with Crippen molar-refractivity contribution in [3.8, 4) is 5.75 Å². The summed E-state index contributed by atoms with van der Waals surface area (Å²) in [6, 6.07) is 7.62. The van der Waals surface area contributed by atoms with E-state index in [-0.39, 0.29) is 0 Å². The summed E-state index contributed by atoms with van der Waals surface area (Å²) in [6.45, 7) is 0. The van der Waals surface area contributed by atoms with Crippen LogP contribution in [-0.2, 0) is 4.79 Å².